The SMILES string of the molecule is O=C(COc1ccc(Cl)cc1Cl)N(Cc1ccc(Cl)cc1)[C@@H]1CCS(=O)(=O)C1. The van der Waals surface area contributed by atoms with E-state index in [0.717, 1.165) is 5.56 Å². The number of ether oxygens (including phenoxy) is 1. The van der Waals surface area contributed by atoms with Crippen molar-refractivity contribution in [1.29, 1.82) is 0 Å². The van der Waals surface area contributed by atoms with E-state index in [1.165, 1.54) is 6.07 Å². The van der Waals surface area contributed by atoms with Gasteiger partial charge in [-0.05, 0) is 42.3 Å². The van der Waals surface area contributed by atoms with Crippen LogP contribution in [0.25, 0.3) is 0 Å². The van der Waals surface area contributed by atoms with Crippen LogP contribution in [0.15, 0.2) is 42.5 Å². The Morgan fingerprint density at radius 3 is 2.36 bits per heavy atom. The number of amides is 1. The second-order valence-corrected chi connectivity index (χ2v) is 10.1. The summed E-state index contributed by atoms with van der Waals surface area (Å²) in [5.74, 6) is 0.0490. The highest BCUT2D eigenvalue weighted by Crippen LogP contribution is 2.28. The summed E-state index contributed by atoms with van der Waals surface area (Å²) >= 11 is 17.9. The minimum atomic E-state index is -3.14. The van der Waals surface area contributed by atoms with Crippen molar-refractivity contribution in [2.24, 2.45) is 0 Å². The third-order valence-corrected chi connectivity index (χ3v) is 7.01. The smallest absolute Gasteiger partial charge is 0.261 e. The lowest BCUT2D eigenvalue weighted by molar-refractivity contribution is -0.136. The van der Waals surface area contributed by atoms with E-state index in [2.05, 4.69) is 0 Å². The van der Waals surface area contributed by atoms with E-state index in [9.17, 15) is 13.2 Å². The number of sulfone groups is 1. The maximum Gasteiger partial charge on any atom is 0.261 e. The highest BCUT2D eigenvalue weighted by Gasteiger charge is 2.34. The van der Waals surface area contributed by atoms with Gasteiger partial charge in [-0.1, -0.05) is 46.9 Å². The summed E-state index contributed by atoms with van der Waals surface area (Å²) in [6, 6.07) is 11.4. The molecule has 1 atom stereocenters. The van der Waals surface area contributed by atoms with Crippen molar-refractivity contribution < 1.29 is 17.9 Å². The van der Waals surface area contributed by atoms with E-state index in [1.54, 1.807) is 29.2 Å². The molecule has 1 aliphatic rings. The molecular weight excluding hydrogens is 445 g/mol. The van der Waals surface area contributed by atoms with Crippen molar-refractivity contribution >= 4 is 50.5 Å². The Morgan fingerprint density at radius 1 is 1.07 bits per heavy atom. The lowest BCUT2D eigenvalue weighted by Crippen LogP contribution is -2.43. The first-order chi connectivity index (χ1) is 13.2. The second kappa shape index (κ2) is 8.91. The molecule has 1 amide bonds. The van der Waals surface area contributed by atoms with E-state index in [-0.39, 0.29) is 30.6 Å². The van der Waals surface area contributed by atoms with Crippen LogP contribution in [0.4, 0.5) is 0 Å². The Kier molecular flexibility index (Phi) is 6.76. The molecule has 0 aliphatic carbocycles. The average molecular weight is 463 g/mol. The standard InChI is InChI=1S/C19H18Cl3NO4S/c20-14-3-1-13(2-4-14)10-23(16-7-8-28(25,26)12-16)19(24)11-27-18-6-5-15(21)9-17(18)22/h1-6,9,16H,7-8,10-12H2/t16-/m1/s1. The summed E-state index contributed by atoms with van der Waals surface area (Å²) in [7, 11) is -3.14. The summed E-state index contributed by atoms with van der Waals surface area (Å²) in [6.07, 6.45) is 0.406. The van der Waals surface area contributed by atoms with E-state index in [1.807, 2.05) is 12.1 Å². The molecule has 1 saturated heterocycles. The van der Waals surface area contributed by atoms with Crippen molar-refractivity contribution in [2.75, 3.05) is 18.1 Å². The number of rotatable bonds is 6. The maximum atomic E-state index is 12.9. The Hall–Kier alpha value is -1.47. The van der Waals surface area contributed by atoms with Crippen LogP contribution in [0.5, 0.6) is 5.75 Å². The van der Waals surface area contributed by atoms with Gasteiger partial charge in [0.25, 0.3) is 5.91 Å². The summed E-state index contributed by atoms with van der Waals surface area (Å²) in [5.41, 5.74) is 0.853. The molecule has 0 saturated carbocycles. The molecule has 5 nitrogen and oxygen atoms in total. The zero-order chi connectivity index (χ0) is 20.3. The van der Waals surface area contributed by atoms with Crippen molar-refractivity contribution in [3.05, 3.63) is 63.1 Å². The van der Waals surface area contributed by atoms with E-state index in [4.69, 9.17) is 39.5 Å². The van der Waals surface area contributed by atoms with Crippen LogP contribution in [-0.2, 0) is 21.2 Å². The first-order valence-electron chi connectivity index (χ1n) is 8.56. The Balaban J connectivity index is 1.75. The zero-order valence-electron chi connectivity index (χ0n) is 14.8. The number of halogens is 3. The average Bonchev–Trinajstić information content (AvgIpc) is 2.99. The lowest BCUT2D eigenvalue weighted by atomic mass is 10.1. The van der Waals surface area contributed by atoms with Crippen LogP contribution in [-0.4, -0.2) is 43.4 Å². The third-order valence-electron chi connectivity index (χ3n) is 4.48. The minimum Gasteiger partial charge on any atom is -0.482 e. The Labute approximate surface area is 179 Å². The summed E-state index contributed by atoms with van der Waals surface area (Å²) < 4.78 is 29.4. The molecule has 0 aromatic heterocycles. The molecule has 9 heteroatoms. The number of carbonyl (C=O) groups excluding carboxylic acids is 1. The molecule has 0 unspecified atom stereocenters. The lowest BCUT2D eigenvalue weighted by Gasteiger charge is -2.28. The van der Waals surface area contributed by atoms with Gasteiger partial charge in [-0.25, -0.2) is 8.42 Å². The van der Waals surface area contributed by atoms with Crippen LogP contribution in [0.1, 0.15) is 12.0 Å². The topological polar surface area (TPSA) is 63.7 Å². The largest absolute Gasteiger partial charge is 0.482 e. The normalized spacial score (nSPS) is 18.0. The molecule has 2 aromatic carbocycles. The first kappa shape index (κ1) is 21.2. The Bertz CT molecular complexity index is 964. The third kappa shape index (κ3) is 5.54. The van der Waals surface area contributed by atoms with Crippen LogP contribution in [0.2, 0.25) is 15.1 Å². The van der Waals surface area contributed by atoms with Crippen molar-refractivity contribution in [3.63, 3.8) is 0 Å². The maximum absolute atomic E-state index is 12.9. The molecule has 1 fully saturated rings. The predicted octanol–water partition coefficient (Wildman–Crippen LogP) is 4.24. The molecule has 0 N–H and O–H groups in total. The first-order valence-corrected chi connectivity index (χ1v) is 11.5. The monoisotopic (exact) mass is 461 g/mol. The summed E-state index contributed by atoms with van der Waals surface area (Å²) in [6.45, 7) is 0.0133. The highest BCUT2D eigenvalue weighted by atomic mass is 35.5. The van der Waals surface area contributed by atoms with Gasteiger partial charge in [-0.3, -0.25) is 4.79 Å². The number of hydrogen-bond donors (Lipinski definition) is 0. The molecule has 2 aromatic rings. The van der Waals surface area contributed by atoms with E-state index in [0.29, 0.717) is 27.2 Å². The van der Waals surface area contributed by atoms with Crippen molar-refractivity contribution in [2.45, 2.75) is 19.0 Å². The molecule has 28 heavy (non-hydrogen) atoms. The van der Waals surface area contributed by atoms with Crippen molar-refractivity contribution in [3.8, 4) is 5.75 Å². The predicted molar refractivity (Wildman–Crippen MR) is 111 cm³/mol. The quantitative estimate of drug-likeness (QED) is 0.644. The van der Waals surface area contributed by atoms with Gasteiger partial charge in [-0.2, -0.15) is 0 Å². The molecule has 0 spiro atoms. The molecule has 1 heterocycles. The fraction of sp³-hybridized carbons (Fsp3) is 0.316. The van der Waals surface area contributed by atoms with Gasteiger partial charge in [0.2, 0.25) is 0 Å². The number of hydrogen-bond acceptors (Lipinski definition) is 4. The van der Waals surface area contributed by atoms with E-state index >= 15 is 0 Å². The fourth-order valence-corrected chi connectivity index (χ4v) is 5.36. The number of carbonyl (C=O) groups is 1. The van der Waals surface area contributed by atoms with Crippen LogP contribution in [0, 0.1) is 0 Å². The van der Waals surface area contributed by atoms with Gasteiger partial charge < -0.3 is 9.64 Å². The van der Waals surface area contributed by atoms with Crippen LogP contribution >= 0.6 is 34.8 Å². The zero-order valence-corrected chi connectivity index (χ0v) is 17.9. The van der Waals surface area contributed by atoms with Crippen LogP contribution < -0.4 is 4.74 Å². The van der Waals surface area contributed by atoms with E-state index < -0.39 is 15.9 Å². The number of nitrogens with zero attached hydrogens (tertiary/aromatic N) is 1. The fourth-order valence-electron chi connectivity index (χ4n) is 3.04. The van der Waals surface area contributed by atoms with Crippen molar-refractivity contribution in [1.82, 2.24) is 4.90 Å². The van der Waals surface area contributed by atoms with Gasteiger partial charge in [0.1, 0.15) is 5.75 Å². The molecule has 0 radical (unpaired) electrons. The molecule has 3 rings (SSSR count). The minimum absolute atomic E-state index is 0.0476. The van der Waals surface area contributed by atoms with Gasteiger partial charge in [0.15, 0.2) is 16.4 Å². The molecule has 1 aliphatic heterocycles. The summed E-state index contributed by atoms with van der Waals surface area (Å²) in [4.78, 5) is 14.4. The van der Waals surface area contributed by atoms with Crippen LogP contribution in [0.3, 0.4) is 0 Å². The van der Waals surface area contributed by atoms with Gasteiger partial charge >= 0.3 is 0 Å². The summed E-state index contributed by atoms with van der Waals surface area (Å²) in [5, 5.41) is 1.35. The second-order valence-electron chi connectivity index (χ2n) is 6.57. The van der Waals surface area contributed by atoms with Gasteiger partial charge in [-0.15, -0.1) is 0 Å². The Morgan fingerprint density at radius 2 is 1.75 bits per heavy atom. The molecular formula is C19H18Cl3NO4S. The van der Waals surface area contributed by atoms with Gasteiger partial charge in [0, 0.05) is 22.6 Å². The van der Waals surface area contributed by atoms with Gasteiger partial charge in [0.05, 0.1) is 16.5 Å². The molecule has 150 valence electrons. The molecule has 0 bridgehead atoms. The highest BCUT2D eigenvalue weighted by molar-refractivity contribution is 7.91. The number of benzene rings is 2.